The SMILES string of the molecule is CNCCCn1cnc2c1ccc[n+]2CC1=C(C(=O)OCc2ccc(OC)cc2)N2C(=O)C(NC(=O)/C(=N\OC)c3nsc(NC(=O)OC(C)(C)C)n3)C2SC1.[Br-]. The van der Waals surface area contributed by atoms with Gasteiger partial charge in [0.25, 0.3) is 11.8 Å². The monoisotopic (exact) mass is 886 g/mol. The van der Waals surface area contributed by atoms with E-state index in [1.54, 1.807) is 58.5 Å². The highest BCUT2D eigenvalue weighted by Gasteiger charge is 2.55. The standard InChI is InChI=1S/C36H42N10O8S2.BrH/c1-36(2,3)54-35(50)41-34-40-28(43-56-34)25(42-52-6)30(47)39-26-31(48)46-27(33(49)53-18-21-10-12-23(51-5)13-11-21)22(19-55-32(26)46)17-44-15-7-9-24-29(44)38-20-45(24)16-8-14-37-4;/h7,9-13,15,20,26,32,37H,8,14,16-19H2,1-6H3,(H-,39,40,41,43,47,50);1H/b42-25-;. The Kier molecular flexibility index (Phi) is 14.2. The van der Waals surface area contributed by atoms with Crippen LogP contribution in [0.15, 0.2) is 65.3 Å². The van der Waals surface area contributed by atoms with E-state index in [9.17, 15) is 19.2 Å². The fourth-order valence-electron chi connectivity index (χ4n) is 6.00. The lowest BCUT2D eigenvalue weighted by Crippen LogP contribution is -3.00. The molecular formula is C36H43BrN10O8S2. The van der Waals surface area contributed by atoms with Gasteiger partial charge in [0.2, 0.25) is 23.0 Å². The average molecular weight is 888 g/mol. The van der Waals surface area contributed by atoms with Crippen molar-refractivity contribution in [2.24, 2.45) is 5.16 Å². The second kappa shape index (κ2) is 18.9. The van der Waals surface area contributed by atoms with Crippen molar-refractivity contribution in [2.75, 3.05) is 38.9 Å². The number of carbonyl (C=O) groups is 4. The van der Waals surface area contributed by atoms with E-state index in [1.165, 1.54) is 23.8 Å². The minimum Gasteiger partial charge on any atom is -1.00 e. The number of nitrogens with zero attached hydrogens (tertiary/aromatic N) is 7. The summed E-state index contributed by atoms with van der Waals surface area (Å²) in [5.74, 6) is -1.11. The van der Waals surface area contributed by atoms with Crippen molar-refractivity contribution in [3.63, 3.8) is 0 Å². The number of thioether (sulfide) groups is 1. The van der Waals surface area contributed by atoms with E-state index >= 15 is 0 Å². The summed E-state index contributed by atoms with van der Waals surface area (Å²) >= 11 is 2.20. The zero-order valence-corrected chi connectivity index (χ0v) is 35.3. The summed E-state index contributed by atoms with van der Waals surface area (Å²) in [7, 11) is 4.72. The van der Waals surface area contributed by atoms with Crippen LogP contribution in [0, 0.1) is 0 Å². The highest BCUT2D eigenvalue weighted by molar-refractivity contribution is 8.00. The predicted octanol–water partition coefficient (Wildman–Crippen LogP) is -0.407. The number of esters is 1. The first kappa shape index (κ1) is 43.0. The van der Waals surface area contributed by atoms with Crippen LogP contribution in [0.2, 0.25) is 0 Å². The number of nitrogens with one attached hydrogen (secondary N) is 3. The molecule has 3 amide bonds. The number of carbonyl (C=O) groups excluding carboxylic acids is 4. The summed E-state index contributed by atoms with van der Waals surface area (Å²) in [6, 6.07) is 10.0. The van der Waals surface area contributed by atoms with E-state index < -0.39 is 40.9 Å². The minimum absolute atomic E-state index is 0. The van der Waals surface area contributed by atoms with Crippen LogP contribution in [-0.4, -0.2) is 104 Å². The number of β-lactam (4-membered cyclic amide) rings is 1. The number of pyridine rings is 1. The van der Waals surface area contributed by atoms with Crippen LogP contribution in [0.4, 0.5) is 9.93 Å². The summed E-state index contributed by atoms with van der Waals surface area (Å²) < 4.78 is 24.5. The van der Waals surface area contributed by atoms with Gasteiger partial charge in [0.05, 0.1) is 13.3 Å². The van der Waals surface area contributed by atoms with Crippen molar-refractivity contribution in [3.05, 3.63) is 71.6 Å². The van der Waals surface area contributed by atoms with Crippen LogP contribution in [0.1, 0.15) is 38.6 Å². The molecule has 2 aliphatic heterocycles. The Morgan fingerprint density at radius 1 is 1.12 bits per heavy atom. The van der Waals surface area contributed by atoms with Crippen LogP contribution in [0.5, 0.6) is 5.75 Å². The van der Waals surface area contributed by atoms with Crippen molar-refractivity contribution in [3.8, 4) is 5.75 Å². The van der Waals surface area contributed by atoms with E-state index in [1.807, 2.05) is 29.9 Å². The molecule has 304 valence electrons. The van der Waals surface area contributed by atoms with Crippen LogP contribution in [0.25, 0.3) is 11.2 Å². The minimum atomic E-state index is -1.03. The topological polar surface area (TPSA) is 204 Å². The lowest BCUT2D eigenvalue weighted by molar-refractivity contribution is -0.664. The maximum atomic E-state index is 14.0. The molecule has 2 unspecified atom stereocenters. The van der Waals surface area contributed by atoms with Gasteiger partial charge in [-0.15, -0.1) is 11.8 Å². The quantitative estimate of drug-likeness (QED) is 0.0348. The molecule has 3 aromatic heterocycles. The third kappa shape index (κ3) is 10.1. The summed E-state index contributed by atoms with van der Waals surface area (Å²) in [6.07, 6.45) is 3.86. The Morgan fingerprint density at radius 2 is 1.89 bits per heavy atom. The molecule has 3 N–H and O–H groups in total. The molecule has 2 atom stereocenters. The van der Waals surface area contributed by atoms with Gasteiger partial charge >= 0.3 is 17.7 Å². The first-order chi connectivity index (χ1) is 26.9. The van der Waals surface area contributed by atoms with Crippen molar-refractivity contribution in [1.82, 2.24) is 34.4 Å². The van der Waals surface area contributed by atoms with Gasteiger partial charge in [-0.1, -0.05) is 17.3 Å². The Labute approximate surface area is 347 Å². The Morgan fingerprint density at radius 3 is 2.60 bits per heavy atom. The molecule has 18 nitrogen and oxygen atoms in total. The maximum absolute atomic E-state index is 14.0. The highest BCUT2D eigenvalue weighted by atomic mass is 79.9. The third-order valence-electron chi connectivity index (χ3n) is 8.54. The van der Waals surface area contributed by atoms with Crippen LogP contribution >= 0.6 is 23.3 Å². The molecule has 0 saturated carbocycles. The third-order valence-corrected chi connectivity index (χ3v) is 10.5. The van der Waals surface area contributed by atoms with E-state index in [4.69, 9.17) is 19.0 Å². The molecule has 0 aliphatic carbocycles. The number of amides is 3. The van der Waals surface area contributed by atoms with Crippen LogP contribution in [0.3, 0.4) is 0 Å². The maximum Gasteiger partial charge on any atom is 0.414 e. The summed E-state index contributed by atoms with van der Waals surface area (Å²) in [6.45, 7) is 7.01. The smallest absolute Gasteiger partial charge is 0.414 e. The zero-order valence-electron chi connectivity index (χ0n) is 32.1. The number of aryl methyl sites for hydroxylation is 1. The molecule has 6 rings (SSSR count). The van der Waals surface area contributed by atoms with E-state index in [0.717, 1.165) is 47.8 Å². The molecule has 1 saturated heterocycles. The van der Waals surface area contributed by atoms with Crippen LogP contribution in [-0.2, 0) is 48.4 Å². The predicted molar refractivity (Wildman–Crippen MR) is 207 cm³/mol. The van der Waals surface area contributed by atoms with E-state index in [0.29, 0.717) is 17.1 Å². The van der Waals surface area contributed by atoms with E-state index in [-0.39, 0.29) is 52.5 Å². The van der Waals surface area contributed by atoms with Crippen LogP contribution < -0.4 is 42.2 Å². The molecule has 5 heterocycles. The fourth-order valence-corrected chi connectivity index (χ4v) is 7.89. The highest BCUT2D eigenvalue weighted by Crippen LogP contribution is 2.41. The largest absolute Gasteiger partial charge is 1.00 e. The number of rotatable bonds is 15. The molecule has 0 spiro atoms. The molecule has 0 radical (unpaired) electrons. The Balaban J connectivity index is 0.00000620. The second-order valence-corrected chi connectivity index (χ2v) is 15.5. The number of aromatic nitrogens is 5. The number of halogens is 1. The molecule has 1 fully saturated rings. The number of fused-ring (bicyclic) bond motifs is 2. The van der Waals surface area contributed by atoms with Gasteiger partial charge in [-0.25, -0.2) is 14.2 Å². The molecule has 0 bridgehead atoms. The van der Waals surface area contributed by atoms with Gasteiger partial charge in [-0.3, -0.25) is 19.8 Å². The number of hydrogen-bond acceptors (Lipinski definition) is 15. The van der Waals surface area contributed by atoms with Gasteiger partial charge in [0.1, 0.15) is 54.2 Å². The van der Waals surface area contributed by atoms with Gasteiger partial charge < -0.3 is 51.2 Å². The first-order valence-electron chi connectivity index (χ1n) is 17.6. The number of hydrogen-bond donors (Lipinski definition) is 3. The summed E-state index contributed by atoms with van der Waals surface area (Å²) in [4.78, 5) is 68.9. The number of benzene rings is 1. The van der Waals surface area contributed by atoms with Gasteiger partial charge in [0, 0.05) is 29.4 Å². The van der Waals surface area contributed by atoms with Crippen molar-refractivity contribution < 1.29 is 59.8 Å². The lowest BCUT2D eigenvalue weighted by atomic mass is 10.0. The average Bonchev–Trinajstić information content (AvgIpc) is 3.81. The second-order valence-electron chi connectivity index (χ2n) is 13.6. The first-order valence-corrected chi connectivity index (χ1v) is 19.4. The molecule has 21 heteroatoms. The van der Waals surface area contributed by atoms with Gasteiger partial charge in [0.15, 0.2) is 0 Å². The molecule has 4 aromatic rings. The fraction of sp³-hybridized carbons (Fsp3) is 0.417. The van der Waals surface area contributed by atoms with Crippen molar-refractivity contribution >= 4 is 69.2 Å². The molecule has 1 aromatic carbocycles. The molecule has 57 heavy (non-hydrogen) atoms. The number of anilines is 1. The summed E-state index contributed by atoms with van der Waals surface area (Å²) in [5, 5.41) is 11.6. The number of oxime groups is 1. The number of imidazole rings is 1. The molecule has 2 aliphatic rings. The number of ether oxygens (including phenoxy) is 3. The summed E-state index contributed by atoms with van der Waals surface area (Å²) in [5.41, 5.74) is 2.10. The van der Waals surface area contributed by atoms with Crippen molar-refractivity contribution in [1.29, 1.82) is 0 Å². The van der Waals surface area contributed by atoms with Crippen molar-refractivity contribution in [2.45, 2.75) is 63.9 Å². The van der Waals surface area contributed by atoms with Gasteiger partial charge in [-0.2, -0.15) is 9.36 Å². The Bertz CT molecular complexity index is 2170. The number of methoxy groups -OCH3 is 1. The van der Waals surface area contributed by atoms with Gasteiger partial charge in [-0.05, 0) is 75.6 Å². The molecular weight excluding hydrogens is 844 g/mol. The lowest BCUT2D eigenvalue weighted by Gasteiger charge is -2.49. The normalized spacial score (nSPS) is 16.6. The van der Waals surface area contributed by atoms with E-state index in [2.05, 4.69) is 40.0 Å². The zero-order chi connectivity index (χ0) is 40.0. The Hall–Kier alpha value is -5.12.